The molecule has 1 aliphatic heterocycles. The van der Waals surface area contributed by atoms with E-state index in [2.05, 4.69) is 15.4 Å². The average molecular weight is 355 g/mol. The molecule has 2 aromatic rings. The number of halogens is 1. The molecule has 0 radical (unpaired) electrons. The fourth-order valence-electron chi connectivity index (χ4n) is 2.98. The monoisotopic (exact) mass is 355 g/mol. The third kappa shape index (κ3) is 4.59. The summed E-state index contributed by atoms with van der Waals surface area (Å²) in [7, 11) is 1.62. The summed E-state index contributed by atoms with van der Waals surface area (Å²) in [5.74, 6) is 0.128. The van der Waals surface area contributed by atoms with Gasteiger partial charge in [-0.3, -0.25) is 4.79 Å². The maximum absolute atomic E-state index is 12.9. The third-order valence-electron chi connectivity index (χ3n) is 4.36. The van der Waals surface area contributed by atoms with Gasteiger partial charge in [-0.15, -0.1) is 0 Å². The molecule has 1 N–H and O–H groups in total. The Morgan fingerprint density at radius 3 is 2.65 bits per heavy atom. The molecule has 0 saturated carbocycles. The van der Waals surface area contributed by atoms with Crippen molar-refractivity contribution in [2.24, 2.45) is 5.10 Å². The number of nitrogens with one attached hydrogen (secondary N) is 1. The lowest BCUT2D eigenvalue weighted by atomic mass is 10.1. The molecule has 26 heavy (non-hydrogen) atoms. The van der Waals surface area contributed by atoms with E-state index in [-0.39, 0.29) is 18.1 Å². The van der Waals surface area contributed by atoms with Crippen LogP contribution in [0.1, 0.15) is 24.0 Å². The molecule has 1 aliphatic rings. The highest BCUT2D eigenvalue weighted by Gasteiger charge is 2.14. The van der Waals surface area contributed by atoms with Gasteiger partial charge in [0.1, 0.15) is 11.6 Å². The number of anilines is 1. The first-order valence-electron chi connectivity index (χ1n) is 8.65. The SMILES string of the molecule is COc1cc(N2CCCC2)ccc1/C=N/NC(=O)Cc1ccc(F)cc1. The Bertz CT molecular complexity index is 784. The van der Waals surface area contributed by atoms with Crippen LogP contribution in [0.4, 0.5) is 10.1 Å². The second kappa shape index (κ2) is 8.47. The molecule has 2 aromatic carbocycles. The Morgan fingerprint density at radius 2 is 1.96 bits per heavy atom. The molecule has 6 heteroatoms. The van der Waals surface area contributed by atoms with E-state index in [0.717, 1.165) is 29.9 Å². The molecule has 1 amide bonds. The molecule has 0 atom stereocenters. The van der Waals surface area contributed by atoms with Crippen molar-refractivity contribution < 1.29 is 13.9 Å². The number of nitrogens with zero attached hydrogens (tertiary/aromatic N) is 2. The van der Waals surface area contributed by atoms with Gasteiger partial charge in [-0.2, -0.15) is 5.10 Å². The van der Waals surface area contributed by atoms with Crippen molar-refractivity contribution in [2.75, 3.05) is 25.1 Å². The van der Waals surface area contributed by atoms with Gasteiger partial charge in [-0.05, 0) is 42.7 Å². The van der Waals surface area contributed by atoms with Gasteiger partial charge in [-0.1, -0.05) is 12.1 Å². The van der Waals surface area contributed by atoms with Gasteiger partial charge in [0.25, 0.3) is 0 Å². The van der Waals surface area contributed by atoms with Gasteiger partial charge in [0, 0.05) is 30.4 Å². The maximum atomic E-state index is 12.9. The fraction of sp³-hybridized carbons (Fsp3) is 0.300. The van der Waals surface area contributed by atoms with Crippen molar-refractivity contribution in [2.45, 2.75) is 19.3 Å². The molecule has 1 heterocycles. The molecular weight excluding hydrogens is 333 g/mol. The molecule has 5 nitrogen and oxygen atoms in total. The van der Waals surface area contributed by atoms with Gasteiger partial charge in [0.2, 0.25) is 5.91 Å². The topological polar surface area (TPSA) is 53.9 Å². The van der Waals surface area contributed by atoms with Crippen molar-refractivity contribution in [3.05, 3.63) is 59.4 Å². The average Bonchev–Trinajstić information content (AvgIpc) is 3.18. The lowest BCUT2D eigenvalue weighted by Gasteiger charge is -2.18. The number of carbonyl (C=O) groups excluding carboxylic acids is 1. The van der Waals surface area contributed by atoms with Crippen molar-refractivity contribution in [3.8, 4) is 5.75 Å². The first-order valence-corrected chi connectivity index (χ1v) is 8.65. The molecule has 0 bridgehead atoms. The standard InChI is InChI=1S/C20H22FN3O2/c1-26-19-13-18(24-10-2-3-11-24)9-6-16(19)14-22-23-20(25)12-15-4-7-17(21)8-5-15/h4-9,13-14H,2-3,10-12H2,1H3,(H,23,25)/b22-14+. The van der Waals surface area contributed by atoms with E-state index in [9.17, 15) is 9.18 Å². The largest absolute Gasteiger partial charge is 0.496 e. The van der Waals surface area contributed by atoms with Crippen LogP contribution in [0.5, 0.6) is 5.75 Å². The number of ether oxygens (including phenoxy) is 1. The first kappa shape index (κ1) is 17.9. The lowest BCUT2D eigenvalue weighted by molar-refractivity contribution is -0.120. The van der Waals surface area contributed by atoms with E-state index in [0.29, 0.717) is 5.75 Å². The first-order chi connectivity index (χ1) is 12.7. The van der Waals surface area contributed by atoms with Crippen molar-refractivity contribution in [1.29, 1.82) is 0 Å². The summed E-state index contributed by atoms with van der Waals surface area (Å²) in [6.45, 7) is 2.13. The van der Waals surface area contributed by atoms with Gasteiger partial charge in [-0.25, -0.2) is 9.82 Å². The van der Waals surface area contributed by atoms with Crippen LogP contribution in [0, 0.1) is 5.82 Å². The molecular formula is C20H22FN3O2. The Hall–Kier alpha value is -2.89. The number of carbonyl (C=O) groups is 1. The molecule has 0 spiro atoms. The minimum absolute atomic E-state index is 0.142. The van der Waals surface area contributed by atoms with Crippen LogP contribution in [-0.4, -0.2) is 32.3 Å². The molecule has 3 rings (SSSR count). The van der Waals surface area contributed by atoms with Gasteiger partial charge >= 0.3 is 0 Å². The highest BCUT2D eigenvalue weighted by atomic mass is 19.1. The molecule has 0 aliphatic carbocycles. The van der Waals surface area contributed by atoms with E-state index in [4.69, 9.17) is 4.74 Å². The number of amides is 1. The zero-order chi connectivity index (χ0) is 18.4. The minimum atomic E-state index is -0.323. The Kier molecular flexibility index (Phi) is 5.84. The number of hydrogen-bond acceptors (Lipinski definition) is 4. The summed E-state index contributed by atoms with van der Waals surface area (Å²) in [6.07, 6.45) is 4.13. The van der Waals surface area contributed by atoms with Gasteiger partial charge < -0.3 is 9.64 Å². The Morgan fingerprint density at radius 1 is 1.23 bits per heavy atom. The Balaban J connectivity index is 1.60. The highest BCUT2D eigenvalue weighted by Crippen LogP contribution is 2.27. The number of methoxy groups -OCH3 is 1. The number of benzene rings is 2. The van der Waals surface area contributed by atoms with Crippen LogP contribution in [-0.2, 0) is 11.2 Å². The second-order valence-corrected chi connectivity index (χ2v) is 6.22. The van der Waals surface area contributed by atoms with Crippen LogP contribution in [0.15, 0.2) is 47.6 Å². The summed E-state index contributed by atoms with van der Waals surface area (Å²) in [4.78, 5) is 14.2. The zero-order valence-electron chi connectivity index (χ0n) is 14.7. The van der Waals surface area contributed by atoms with Crippen LogP contribution in [0.3, 0.4) is 0 Å². The summed E-state index contributed by atoms with van der Waals surface area (Å²) in [5.41, 5.74) is 5.14. The normalized spacial score (nSPS) is 14.0. The van der Waals surface area contributed by atoms with Gasteiger partial charge in [0.05, 0.1) is 19.7 Å². The van der Waals surface area contributed by atoms with E-state index >= 15 is 0 Å². The summed E-state index contributed by atoms with van der Waals surface area (Å²) >= 11 is 0. The van der Waals surface area contributed by atoms with Crippen LogP contribution >= 0.6 is 0 Å². The molecule has 0 aromatic heterocycles. The number of hydrazone groups is 1. The predicted molar refractivity (Wildman–Crippen MR) is 100 cm³/mol. The highest BCUT2D eigenvalue weighted by molar-refractivity contribution is 5.86. The van der Waals surface area contributed by atoms with E-state index in [1.54, 1.807) is 25.5 Å². The summed E-state index contributed by atoms with van der Waals surface area (Å²) in [6, 6.07) is 11.8. The lowest BCUT2D eigenvalue weighted by Crippen LogP contribution is -2.20. The molecule has 136 valence electrons. The molecule has 1 saturated heterocycles. The quantitative estimate of drug-likeness (QED) is 0.640. The van der Waals surface area contributed by atoms with E-state index in [1.165, 1.54) is 25.0 Å². The number of rotatable bonds is 6. The van der Waals surface area contributed by atoms with Crippen LogP contribution in [0.2, 0.25) is 0 Å². The van der Waals surface area contributed by atoms with Crippen molar-refractivity contribution >= 4 is 17.8 Å². The fourth-order valence-corrected chi connectivity index (χ4v) is 2.98. The summed E-state index contributed by atoms with van der Waals surface area (Å²) in [5, 5.41) is 4.00. The van der Waals surface area contributed by atoms with Crippen molar-refractivity contribution in [3.63, 3.8) is 0 Å². The minimum Gasteiger partial charge on any atom is -0.496 e. The van der Waals surface area contributed by atoms with Gasteiger partial charge in [0.15, 0.2) is 0 Å². The smallest absolute Gasteiger partial charge is 0.244 e. The third-order valence-corrected chi connectivity index (χ3v) is 4.36. The van der Waals surface area contributed by atoms with E-state index in [1.807, 2.05) is 18.2 Å². The second-order valence-electron chi connectivity index (χ2n) is 6.22. The molecule has 0 unspecified atom stereocenters. The zero-order valence-corrected chi connectivity index (χ0v) is 14.7. The maximum Gasteiger partial charge on any atom is 0.244 e. The predicted octanol–water partition coefficient (Wildman–Crippen LogP) is 3.13. The Labute approximate surface area is 152 Å². The van der Waals surface area contributed by atoms with Crippen molar-refractivity contribution in [1.82, 2.24) is 5.43 Å². The molecule has 1 fully saturated rings. The van der Waals surface area contributed by atoms with Crippen LogP contribution < -0.4 is 15.1 Å². The number of hydrogen-bond donors (Lipinski definition) is 1. The van der Waals surface area contributed by atoms with E-state index < -0.39 is 0 Å². The van der Waals surface area contributed by atoms with Crippen LogP contribution in [0.25, 0.3) is 0 Å². The summed E-state index contributed by atoms with van der Waals surface area (Å²) < 4.78 is 18.3.